The first-order valence-corrected chi connectivity index (χ1v) is 8.61. The van der Waals surface area contributed by atoms with E-state index in [1.807, 2.05) is 69.4 Å². The number of nitrogens with one attached hydrogen (secondary N) is 2. The molecule has 2 aromatic heterocycles. The number of carbonyl (C=O) groups is 1. The summed E-state index contributed by atoms with van der Waals surface area (Å²) in [5, 5.41) is 15.8. The highest BCUT2D eigenvalue weighted by molar-refractivity contribution is 5.87. The van der Waals surface area contributed by atoms with Gasteiger partial charge in [-0.25, -0.2) is 4.98 Å². The Morgan fingerprint density at radius 1 is 1.31 bits per heavy atom. The highest BCUT2D eigenvalue weighted by atomic mass is 16.2. The summed E-state index contributed by atoms with van der Waals surface area (Å²) in [7, 11) is 0. The van der Waals surface area contributed by atoms with Crippen LogP contribution in [0.15, 0.2) is 30.3 Å². The summed E-state index contributed by atoms with van der Waals surface area (Å²) in [6, 6.07) is 11.4. The standard InChI is InChI=1S/C20H23N5O/c1-12-10-17(22-13(2)19(26)24-20(3,4)5)25-16-9-7-6-8-15(16)23-18(25)14(12)11-21/h6-10,13,22H,1-5H3,(H,24,26)/t13-/m0/s1. The number of hydrogen-bond acceptors (Lipinski definition) is 4. The molecule has 0 aliphatic rings. The van der Waals surface area contributed by atoms with E-state index in [1.54, 1.807) is 0 Å². The molecule has 3 rings (SSSR count). The van der Waals surface area contributed by atoms with Gasteiger partial charge >= 0.3 is 0 Å². The van der Waals surface area contributed by atoms with Crippen LogP contribution in [-0.4, -0.2) is 26.9 Å². The number of aryl methyl sites for hydroxylation is 1. The van der Waals surface area contributed by atoms with Crippen LogP contribution >= 0.6 is 0 Å². The van der Waals surface area contributed by atoms with Crippen molar-refractivity contribution < 1.29 is 4.79 Å². The van der Waals surface area contributed by atoms with Gasteiger partial charge in [-0.15, -0.1) is 0 Å². The second-order valence-electron chi connectivity index (χ2n) is 7.56. The summed E-state index contributed by atoms with van der Waals surface area (Å²) in [5.74, 6) is 0.652. The normalized spacial score (nSPS) is 12.8. The van der Waals surface area contributed by atoms with E-state index in [0.29, 0.717) is 11.2 Å². The van der Waals surface area contributed by atoms with Crippen LogP contribution < -0.4 is 10.6 Å². The molecule has 0 radical (unpaired) electrons. The van der Waals surface area contributed by atoms with Crippen molar-refractivity contribution in [3.8, 4) is 6.07 Å². The van der Waals surface area contributed by atoms with Gasteiger partial charge in [-0.3, -0.25) is 9.20 Å². The molecular weight excluding hydrogens is 326 g/mol. The monoisotopic (exact) mass is 349 g/mol. The number of nitriles is 1. The Balaban J connectivity index is 2.11. The maximum atomic E-state index is 12.5. The number of amides is 1. The van der Waals surface area contributed by atoms with E-state index in [1.165, 1.54) is 0 Å². The van der Waals surface area contributed by atoms with Crippen LogP contribution in [0.25, 0.3) is 16.7 Å². The molecule has 0 fully saturated rings. The van der Waals surface area contributed by atoms with Gasteiger partial charge in [-0.05, 0) is 58.4 Å². The first kappa shape index (κ1) is 17.7. The lowest BCUT2D eigenvalue weighted by molar-refractivity contribution is -0.122. The van der Waals surface area contributed by atoms with E-state index in [9.17, 15) is 10.1 Å². The molecule has 26 heavy (non-hydrogen) atoms. The van der Waals surface area contributed by atoms with Crippen LogP contribution in [0.2, 0.25) is 0 Å². The van der Waals surface area contributed by atoms with E-state index in [2.05, 4.69) is 21.7 Å². The van der Waals surface area contributed by atoms with Crippen molar-refractivity contribution in [2.75, 3.05) is 5.32 Å². The number of pyridine rings is 1. The van der Waals surface area contributed by atoms with E-state index in [0.717, 1.165) is 22.4 Å². The van der Waals surface area contributed by atoms with Gasteiger partial charge < -0.3 is 10.6 Å². The van der Waals surface area contributed by atoms with E-state index < -0.39 is 6.04 Å². The average molecular weight is 349 g/mol. The predicted octanol–water partition coefficient (Wildman–Crippen LogP) is 3.38. The zero-order valence-corrected chi connectivity index (χ0v) is 15.7. The quantitative estimate of drug-likeness (QED) is 0.759. The third-order valence-electron chi connectivity index (χ3n) is 4.14. The molecule has 0 saturated carbocycles. The lowest BCUT2D eigenvalue weighted by atomic mass is 10.1. The van der Waals surface area contributed by atoms with Gasteiger partial charge in [-0.2, -0.15) is 5.26 Å². The molecule has 0 spiro atoms. The van der Waals surface area contributed by atoms with Crippen molar-refractivity contribution in [3.63, 3.8) is 0 Å². The zero-order valence-electron chi connectivity index (χ0n) is 15.7. The summed E-state index contributed by atoms with van der Waals surface area (Å²) in [4.78, 5) is 17.1. The summed E-state index contributed by atoms with van der Waals surface area (Å²) in [6.07, 6.45) is 0. The second kappa shape index (κ2) is 6.34. The predicted molar refractivity (Wildman–Crippen MR) is 103 cm³/mol. The summed E-state index contributed by atoms with van der Waals surface area (Å²) >= 11 is 0. The molecule has 0 unspecified atom stereocenters. The van der Waals surface area contributed by atoms with Gasteiger partial charge in [0.1, 0.15) is 17.9 Å². The molecule has 3 aromatic rings. The SMILES string of the molecule is Cc1cc(N[C@@H](C)C(=O)NC(C)(C)C)n2c(nc3ccccc32)c1C#N. The van der Waals surface area contributed by atoms with Crippen molar-refractivity contribution >= 4 is 28.4 Å². The van der Waals surface area contributed by atoms with E-state index >= 15 is 0 Å². The van der Waals surface area contributed by atoms with Crippen LogP contribution in [0.4, 0.5) is 5.82 Å². The summed E-state index contributed by atoms with van der Waals surface area (Å²) in [6.45, 7) is 9.55. The number of anilines is 1. The van der Waals surface area contributed by atoms with Gasteiger partial charge in [0.25, 0.3) is 0 Å². The first-order chi connectivity index (χ1) is 12.2. The molecule has 2 N–H and O–H groups in total. The van der Waals surface area contributed by atoms with Gasteiger partial charge in [-0.1, -0.05) is 12.1 Å². The Bertz CT molecular complexity index is 1040. The molecule has 1 atom stereocenters. The van der Waals surface area contributed by atoms with Crippen molar-refractivity contribution in [3.05, 3.63) is 41.5 Å². The lowest BCUT2D eigenvalue weighted by Gasteiger charge is -2.24. The minimum Gasteiger partial charge on any atom is -0.360 e. The highest BCUT2D eigenvalue weighted by Crippen LogP contribution is 2.26. The lowest BCUT2D eigenvalue weighted by Crippen LogP contribution is -2.47. The minimum atomic E-state index is -0.439. The number of imidazole rings is 1. The number of carbonyl (C=O) groups excluding carboxylic acids is 1. The topological polar surface area (TPSA) is 82.2 Å². The first-order valence-electron chi connectivity index (χ1n) is 8.61. The van der Waals surface area contributed by atoms with Crippen molar-refractivity contribution in [1.29, 1.82) is 5.26 Å². The number of nitrogens with zero attached hydrogens (tertiary/aromatic N) is 3. The molecule has 6 heteroatoms. The molecule has 0 saturated heterocycles. The smallest absolute Gasteiger partial charge is 0.242 e. The van der Waals surface area contributed by atoms with Crippen LogP contribution in [0.3, 0.4) is 0 Å². The third-order valence-corrected chi connectivity index (χ3v) is 4.14. The Morgan fingerprint density at radius 2 is 2.00 bits per heavy atom. The molecule has 1 aromatic carbocycles. The maximum absolute atomic E-state index is 12.5. The maximum Gasteiger partial charge on any atom is 0.242 e. The molecule has 0 aliphatic heterocycles. The fourth-order valence-electron chi connectivity index (χ4n) is 2.97. The summed E-state index contributed by atoms with van der Waals surface area (Å²) in [5.41, 5.74) is 3.36. The third kappa shape index (κ3) is 3.21. The number of fused-ring (bicyclic) bond motifs is 3. The van der Waals surface area contributed by atoms with Crippen LogP contribution in [0, 0.1) is 18.3 Å². The largest absolute Gasteiger partial charge is 0.360 e. The Kier molecular flexibility index (Phi) is 4.33. The van der Waals surface area contributed by atoms with Crippen LogP contribution in [0.1, 0.15) is 38.8 Å². The molecule has 2 heterocycles. The van der Waals surface area contributed by atoms with Crippen molar-refractivity contribution in [1.82, 2.24) is 14.7 Å². The van der Waals surface area contributed by atoms with Crippen molar-refractivity contribution in [2.45, 2.75) is 46.2 Å². The van der Waals surface area contributed by atoms with Crippen LogP contribution in [-0.2, 0) is 4.79 Å². The Morgan fingerprint density at radius 3 is 2.65 bits per heavy atom. The Labute approximate surface area is 152 Å². The van der Waals surface area contributed by atoms with Gasteiger partial charge in [0.05, 0.1) is 16.6 Å². The molecule has 0 aliphatic carbocycles. The van der Waals surface area contributed by atoms with Gasteiger partial charge in [0, 0.05) is 5.54 Å². The number of para-hydroxylation sites is 2. The van der Waals surface area contributed by atoms with E-state index in [-0.39, 0.29) is 11.4 Å². The molecular formula is C20H23N5O. The average Bonchev–Trinajstić information content (AvgIpc) is 2.92. The van der Waals surface area contributed by atoms with Gasteiger partial charge in [0.15, 0.2) is 5.65 Å². The zero-order chi connectivity index (χ0) is 19.1. The molecule has 134 valence electrons. The fraction of sp³-hybridized carbons (Fsp3) is 0.350. The summed E-state index contributed by atoms with van der Waals surface area (Å²) < 4.78 is 1.90. The highest BCUT2D eigenvalue weighted by Gasteiger charge is 2.21. The fourth-order valence-corrected chi connectivity index (χ4v) is 2.97. The number of aromatic nitrogens is 2. The second-order valence-corrected chi connectivity index (χ2v) is 7.56. The van der Waals surface area contributed by atoms with E-state index in [4.69, 9.17) is 0 Å². The van der Waals surface area contributed by atoms with Crippen LogP contribution in [0.5, 0.6) is 0 Å². The molecule has 6 nitrogen and oxygen atoms in total. The number of benzene rings is 1. The van der Waals surface area contributed by atoms with Gasteiger partial charge in [0.2, 0.25) is 5.91 Å². The Hall–Kier alpha value is -3.07. The molecule has 0 bridgehead atoms. The number of rotatable bonds is 3. The number of hydrogen-bond donors (Lipinski definition) is 2. The minimum absolute atomic E-state index is 0.0860. The molecule has 1 amide bonds. The van der Waals surface area contributed by atoms with Crippen molar-refractivity contribution in [2.24, 2.45) is 0 Å².